The summed E-state index contributed by atoms with van der Waals surface area (Å²) in [5, 5.41) is 5.07. The number of likely N-dealkylation sites (tertiary alicyclic amines) is 1. The molecule has 2 amide bonds. The van der Waals surface area contributed by atoms with Gasteiger partial charge < -0.3 is 10.2 Å². The molecule has 3 rings (SSSR count). The Morgan fingerprint density at radius 3 is 2.58 bits per heavy atom. The molecule has 1 aliphatic heterocycles. The number of rotatable bonds is 4. The van der Waals surface area contributed by atoms with Gasteiger partial charge in [0.05, 0.1) is 12.0 Å². The molecule has 1 aromatic heterocycles. The summed E-state index contributed by atoms with van der Waals surface area (Å²) < 4.78 is 0.821. The van der Waals surface area contributed by atoms with Crippen LogP contribution in [-0.2, 0) is 11.2 Å². The highest BCUT2D eigenvalue weighted by Gasteiger charge is 2.25. The van der Waals surface area contributed by atoms with Gasteiger partial charge in [0.15, 0.2) is 0 Å². The van der Waals surface area contributed by atoms with Gasteiger partial charge in [-0.15, -0.1) is 11.3 Å². The standard InChI is InChI=1S/C18H19BrN2O2S/c19-16-6-2-1-5-15(16)18(23)21-9-7-13(8-10-21)20-17(22)12-14-4-3-11-24-14/h1-6,11,13H,7-10,12H2,(H,20,22). The van der Waals surface area contributed by atoms with Crippen LogP contribution in [0.4, 0.5) is 0 Å². The van der Waals surface area contributed by atoms with Gasteiger partial charge in [-0.3, -0.25) is 9.59 Å². The van der Waals surface area contributed by atoms with Crippen molar-refractivity contribution in [2.24, 2.45) is 0 Å². The summed E-state index contributed by atoms with van der Waals surface area (Å²) in [6.45, 7) is 1.34. The zero-order chi connectivity index (χ0) is 16.9. The third-order valence-electron chi connectivity index (χ3n) is 4.17. The molecule has 0 radical (unpaired) electrons. The first-order valence-electron chi connectivity index (χ1n) is 7.99. The van der Waals surface area contributed by atoms with Crippen molar-refractivity contribution >= 4 is 39.1 Å². The minimum absolute atomic E-state index is 0.0471. The van der Waals surface area contributed by atoms with Crippen LogP contribution in [0.2, 0.25) is 0 Å². The Morgan fingerprint density at radius 1 is 1.17 bits per heavy atom. The van der Waals surface area contributed by atoms with Crippen molar-refractivity contribution in [2.75, 3.05) is 13.1 Å². The lowest BCUT2D eigenvalue weighted by molar-refractivity contribution is -0.121. The second-order valence-corrected chi connectivity index (χ2v) is 7.76. The van der Waals surface area contributed by atoms with E-state index in [1.54, 1.807) is 11.3 Å². The number of nitrogens with one attached hydrogen (secondary N) is 1. The number of amides is 2. The molecule has 0 bridgehead atoms. The molecule has 0 saturated carbocycles. The van der Waals surface area contributed by atoms with Gasteiger partial charge in [0.25, 0.3) is 5.91 Å². The maximum Gasteiger partial charge on any atom is 0.254 e. The van der Waals surface area contributed by atoms with E-state index in [4.69, 9.17) is 0 Å². The summed E-state index contributed by atoms with van der Waals surface area (Å²) in [5.74, 6) is 0.110. The highest BCUT2D eigenvalue weighted by molar-refractivity contribution is 9.10. The third kappa shape index (κ3) is 4.24. The highest BCUT2D eigenvalue weighted by atomic mass is 79.9. The normalized spacial score (nSPS) is 15.3. The van der Waals surface area contributed by atoms with E-state index in [0.717, 1.165) is 22.2 Å². The third-order valence-corrected chi connectivity index (χ3v) is 5.73. The largest absolute Gasteiger partial charge is 0.353 e. The second-order valence-electron chi connectivity index (χ2n) is 5.87. The number of carbonyl (C=O) groups is 2. The number of thiophene rings is 1. The van der Waals surface area contributed by atoms with Gasteiger partial charge in [-0.2, -0.15) is 0 Å². The number of nitrogens with zero attached hydrogens (tertiary/aromatic N) is 1. The number of benzene rings is 1. The zero-order valence-electron chi connectivity index (χ0n) is 13.2. The molecule has 2 aromatic rings. The van der Waals surface area contributed by atoms with Crippen molar-refractivity contribution in [1.29, 1.82) is 0 Å². The monoisotopic (exact) mass is 406 g/mol. The van der Waals surface area contributed by atoms with Gasteiger partial charge in [-0.05, 0) is 52.4 Å². The number of halogens is 1. The van der Waals surface area contributed by atoms with Crippen molar-refractivity contribution in [3.8, 4) is 0 Å². The summed E-state index contributed by atoms with van der Waals surface area (Å²) in [7, 11) is 0. The van der Waals surface area contributed by atoms with E-state index in [0.29, 0.717) is 25.1 Å². The Balaban J connectivity index is 1.50. The molecule has 0 spiro atoms. The van der Waals surface area contributed by atoms with Crippen LogP contribution in [0.5, 0.6) is 0 Å². The summed E-state index contributed by atoms with van der Waals surface area (Å²) in [6.07, 6.45) is 2.03. The molecule has 1 fully saturated rings. The molecule has 1 aliphatic rings. The number of hydrogen-bond acceptors (Lipinski definition) is 3. The van der Waals surface area contributed by atoms with E-state index < -0.39 is 0 Å². The summed E-state index contributed by atoms with van der Waals surface area (Å²) in [6, 6.07) is 11.6. The van der Waals surface area contributed by atoms with Gasteiger partial charge in [0.1, 0.15) is 0 Å². The predicted molar refractivity (Wildman–Crippen MR) is 99.2 cm³/mol. The van der Waals surface area contributed by atoms with Crippen LogP contribution in [0.1, 0.15) is 28.1 Å². The fourth-order valence-corrected chi connectivity index (χ4v) is 4.04. The molecule has 0 atom stereocenters. The Kier molecular flexibility index (Phi) is 5.68. The SMILES string of the molecule is O=C(Cc1cccs1)NC1CCN(C(=O)c2ccccc2Br)CC1. The molecule has 2 heterocycles. The van der Waals surface area contributed by atoms with Crippen molar-refractivity contribution in [2.45, 2.75) is 25.3 Å². The lowest BCUT2D eigenvalue weighted by Gasteiger charge is -2.32. The van der Waals surface area contributed by atoms with E-state index in [-0.39, 0.29) is 17.9 Å². The summed E-state index contributed by atoms with van der Waals surface area (Å²) >= 11 is 5.03. The fourth-order valence-electron chi connectivity index (χ4n) is 2.88. The van der Waals surface area contributed by atoms with Crippen LogP contribution in [0.3, 0.4) is 0 Å². The molecule has 24 heavy (non-hydrogen) atoms. The zero-order valence-corrected chi connectivity index (χ0v) is 15.6. The van der Waals surface area contributed by atoms with Gasteiger partial charge in [-0.25, -0.2) is 0 Å². The first kappa shape index (κ1) is 17.2. The summed E-state index contributed by atoms with van der Waals surface area (Å²) in [4.78, 5) is 27.6. The minimum atomic E-state index is 0.0471. The van der Waals surface area contributed by atoms with Crippen molar-refractivity contribution in [3.63, 3.8) is 0 Å². The van der Waals surface area contributed by atoms with Gasteiger partial charge >= 0.3 is 0 Å². The second kappa shape index (κ2) is 7.94. The van der Waals surface area contributed by atoms with Crippen LogP contribution in [0.25, 0.3) is 0 Å². The highest BCUT2D eigenvalue weighted by Crippen LogP contribution is 2.20. The molecular weight excluding hydrogens is 388 g/mol. The number of carbonyl (C=O) groups excluding carboxylic acids is 2. The quantitative estimate of drug-likeness (QED) is 0.844. The minimum Gasteiger partial charge on any atom is -0.353 e. The van der Waals surface area contributed by atoms with Crippen LogP contribution in [0.15, 0.2) is 46.3 Å². The number of hydrogen-bond donors (Lipinski definition) is 1. The van der Waals surface area contributed by atoms with E-state index in [9.17, 15) is 9.59 Å². The van der Waals surface area contributed by atoms with Crippen LogP contribution >= 0.6 is 27.3 Å². The molecule has 126 valence electrons. The van der Waals surface area contributed by atoms with Crippen LogP contribution < -0.4 is 5.32 Å². The number of piperidine rings is 1. The maximum absolute atomic E-state index is 12.6. The molecule has 0 aliphatic carbocycles. The van der Waals surface area contributed by atoms with Crippen molar-refractivity contribution < 1.29 is 9.59 Å². The maximum atomic E-state index is 12.6. The van der Waals surface area contributed by atoms with Crippen molar-refractivity contribution in [3.05, 3.63) is 56.7 Å². The Morgan fingerprint density at radius 2 is 1.92 bits per heavy atom. The molecule has 1 saturated heterocycles. The molecule has 1 aromatic carbocycles. The topological polar surface area (TPSA) is 49.4 Å². The lowest BCUT2D eigenvalue weighted by atomic mass is 10.0. The van der Waals surface area contributed by atoms with Gasteiger partial charge in [0.2, 0.25) is 5.91 Å². The van der Waals surface area contributed by atoms with Crippen LogP contribution in [-0.4, -0.2) is 35.8 Å². The first-order chi connectivity index (χ1) is 11.6. The van der Waals surface area contributed by atoms with Crippen molar-refractivity contribution in [1.82, 2.24) is 10.2 Å². The Labute approximate surface area is 154 Å². The molecule has 1 N–H and O–H groups in total. The predicted octanol–water partition coefficient (Wildman–Crippen LogP) is 3.47. The van der Waals surface area contributed by atoms with E-state index >= 15 is 0 Å². The average molecular weight is 407 g/mol. The fraction of sp³-hybridized carbons (Fsp3) is 0.333. The van der Waals surface area contributed by atoms with E-state index in [1.807, 2.05) is 46.7 Å². The smallest absolute Gasteiger partial charge is 0.254 e. The van der Waals surface area contributed by atoms with E-state index in [1.165, 1.54) is 0 Å². The van der Waals surface area contributed by atoms with Gasteiger partial charge in [0, 0.05) is 28.5 Å². The summed E-state index contributed by atoms with van der Waals surface area (Å²) in [5.41, 5.74) is 0.692. The van der Waals surface area contributed by atoms with Crippen LogP contribution in [0, 0.1) is 0 Å². The average Bonchev–Trinajstić information content (AvgIpc) is 3.08. The molecule has 6 heteroatoms. The Bertz CT molecular complexity index is 710. The Hall–Kier alpha value is -1.66. The lowest BCUT2D eigenvalue weighted by Crippen LogP contribution is -2.46. The molecule has 0 unspecified atom stereocenters. The van der Waals surface area contributed by atoms with E-state index in [2.05, 4.69) is 21.2 Å². The molecule has 4 nitrogen and oxygen atoms in total. The first-order valence-corrected chi connectivity index (χ1v) is 9.66. The van der Waals surface area contributed by atoms with Gasteiger partial charge in [-0.1, -0.05) is 18.2 Å². The molecular formula is C18H19BrN2O2S.